The van der Waals surface area contributed by atoms with Crippen molar-refractivity contribution >= 4 is 34.1 Å². The first-order valence-electron chi connectivity index (χ1n) is 34.7. The Morgan fingerprint density at radius 3 is 0.626 bits per heavy atom. The summed E-state index contributed by atoms with van der Waals surface area (Å²) < 4.78 is 0. The number of rotatable bonds is 16. The lowest BCUT2D eigenvalue weighted by Gasteiger charge is -2.25. The molecule has 0 amide bonds. The predicted octanol–water partition coefficient (Wildman–Crippen LogP) is 20.5. The summed E-state index contributed by atoms with van der Waals surface area (Å²) in [6.45, 7) is 5.61. The van der Waals surface area contributed by atoms with Crippen molar-refractivity contribution in [1.29, 1.82) is 0 Å². The average molecular weight is 1390 g/mol. The van der Waals surface area contributed by atoms with Gasteiger partial charge in [-0.15, -0.1) is 0 Å². The van der Waals surface area contributed by atoms with E-state index < -0.39 is 0 Å². The summed E-state index contributed by atoms with van der Waals surface area (Å²) in [5, 5.41) is 0. The molecule has 0 spiro atoms. The Hall–Kier alpha value is -14.7. The average Bonchev–Trinajstić information content (AvgIpc) is 0.803. The first kappa shape index (κ1) is 68.1. The molecule has 17 nitrogen and oxygen atoms in total. The Labute approximate surface area is 619 Å². The second-order valence-corrected chi connectivity index (χ2v) is 24.6. The summed E-state index contributed by atoms with van der Waals surface area (Å²) in [6, 6.07) is 106. The largest absolute Gasteiger partial charge is 0.311 e. The Morgan fingerprint density at radius 1 is 0.159 bits per heavy atom. The van der Waals surface area contributed by atoms with Crippen molar-refractivity contribution in [2.24, 2.45) is 0 Å². The molecular weight excluding hydrogens is 1320 g/mol. The van der Waals surface area contributed by atoms with Gasteiger partial charge in [0, 0.05) is 116 Å². The number of aryl methyl sites for hydroxylation is 3. The van der Waals surface area contributed by atoms with E-state index in [0.717, 1.165) is 90.0 Å². The van der Waals surface area contributed by atoms with E-state index in [2.05, 4.69) is 215 Å². The number of aromatic nitrogens is 15. The van der Waals surface area contributed by atoms with Crippen LogP contribution in [0.4, 0.5) is 34.1 Å². The highest BCUT2D eigenvalue weighted by atomic mass is 15.2. The van der Waals surface area contributed by atoms with Crippen molar-refractivity contribution in [3.05, 3.63) is 370 Å². The van der Waals surface area contributed by atoms with Gasteiger partial charge in [-0.2, -0.15) is 0 Å². The molecule has 0 saturated heterocycles. The lowest BCUT2D eigenvalue weighted by atomic mass is 10.1. The highest BCUT2D eigenvalue weighted by molar-refractivity contribution is 5.80. The molecule has 0 aliphatic carbocycles. The maximum absolute atomic E-state index is 4.91. The van der Waals surface area contributed by atoms with E-state index in [9.17, 15) is 0 Å². The van der Waals surface area contributed by atoms with Crippen LogP contribution in [0.5, 0.6) is 0 Å². The molecule has 17 heteroatoms. The number of para-hydroxylation sites is 4. The molecule has 0 aliphatic heterocycles. The van der Waals surface area contributed by atoms with Crippen molar-refractivity contribution in [3.63, 3.8) is 0 Å². The van der Waals surface area contributed by atoms with E-state index >= 15 is 0 Å². The zero-order chi connectivity index (χ0) is 72.5. The molecular formula is C90H67N17. The lowest BCUT2D eigenvalue weighted by molar-refractivity contribution is 0.982. The monoisotopic (exact) mass is 1390 g/mol. The third-order valence-electron chi connectivity index (χ3n) is 17.1. The quantitative estimate of drug-likeness (QED) is 0.0883. The molecule has 0 fully saturated rings. The van der Waals surface area contributed by atoms with Crippen LogP contribution in [0.2, 0.25) is 0 Å². The van der Waals surface area contributed by atoms with Gasteiger partial charge in [-0.3, -0.25) is 9.97 Å². The molecule has 0 radical (unpaired) electrons. The molecule has 107 heavy (non-hydrogen) atoms. The Morgan fingerprint density at radius 2 is 0.364 bits per heavy atom. The summed E-state index contributed by atoms with van der Waals surface area (Å²) in [5.41, 5.74) is 17.4. The fraction of sp³-hybridized carbons (Fsp3) is 0.0333. The van der Waals surface area contributed by atoms with Gasteiger partial charge in [0.2, 0.25) is 0 Å². The van der Waals surface area contributed by atoms with Gasteiger partial charge in [0.15, 0.2) is 46.6 Å². The van der Waals surface area contributed by atoms with Crippen LogP contribution in [-0.2, 0) is 0 Å². The van der Waals surface area contributed by atoms with E-state index in [0.29, 0.717) is 75.2 Å². The van der Waals surface area contributed by atoms with Gasteiger partial charge in [-0.05, 0) is 142 Å². The first-order chi connectivity index (χ1) is 52.7. The second-order valence-electron chi connectivity index (χ2n) is 24.6. The topological polar surface area (TPSA) is 200 Å². The number of nitrogens with zero attached hydrogens (tertiary/aromatic N) is 17. The zero-order valence-electron chi connectivity index (χ0n) is 58.6. The minimum absolute atomic E-state index is 0.509. The predicted molar refractivity (Wildman–Crippen MR) is 424 cm³/mol. The number of hydrogen-bond donors (Lipinski definition) is 0. The number of anilines is 6. The molecule has 0 saturated carbocycles. The Bertz CT molecular complexity index is 5080. The van der Waals surface area contributed by atoms with Gasteiger partial charge in [-0.1, -0.05) is 194 Å². The van der Waals surface area contributed by atoms with E-state index in [-0.39, 0.29) is 0 Å². The molecule has 0 aliphatic rings. The second kappa shape index (κ2) is 32.5. The van der Waals surface area contributed by atoms with Crippen LogP contribution >= 0.6 is 0 Å². The Kier molecular flexibility index (Phi) is 20.7. The highest BCUT2D eigenvalue weighted by Gasteiger charge is 2.18. The van der Waals surface area contributed by atoms with Crippen LogP contribution < -0.4 is 9.80 Å². The van der Waals surface area contributed by atoms with Crippen molar-refractivity contribution in [1.82, 2.24) is 74.8 Å². The van der Waals surface area contributed by atoms with Crippen LogP contribution in [0.15, 0.2) is 353 Å². The van der Waals surface area contributed by atoms with Gasteiger partial charge >= 0.3 is 0 Å². The third-order valence-corrected chi connectivity index (χ3v) is 17.1. The molecule has 7 aromatic heterocycles. The number of pyridine rings is 2. The fourth-order valence-electron chi connectivity index (χ4n) is 11.9. The van der Waals surface area contributed by atoms with Crippen LogP contribution in [0, 0.1) is 20.8 Å². The van der Waals surface area contributed by atoms with E-state index in [1.807, 2.05) is 191 Å². The smallest absolute Gasteiger partial charge is 0.166 e. The first-order valence-corrected chi connectivity index (χ1v) is 34.7. The SMILES string of the molecule is Cc1nc(-c2ccc(-c3ccccc3)nc2)nc(-c2ccc(-c3ccccc3)nc2)n1.Cc1nc(-c2ccc(N(c3ccccc3)c3ccccc3)cc2)nc(-c2ccc(N(c3ccccc3)c3ccccc3)cc2)n1.Cc1nc(-c2cnc(-c3ccccc3)nc2)nc(-c2cnc(-c3ccccc3)nc2)n1. The third kappa shape index (κ3) is 16.6. The minimum Gasteiger partial charge on any atom is -0.311 e. The fourth-order valence-corrected chi connectivity index (χ4v) is 11.9. The molecule has 10 aromatic carbocycles. The van der Waals surface area contributed by atoms with E-state index in [1.54, 1.807) is 37.2 Å². The summed E-state index contributed by atoms with van der Waals surface area (Å²) in [6.07, 6.45) is 10.5. The normalized spacial score (nSPS) is 10.8. The molecule has 0 atom stereocenters. The summed E-state index contributed by atoms with van der Waals surface area (Å²) >= 11 is 0. The molecule has 0 bridgehead atoms. The Balaban J connectivity index is 0.000000132. The van der Waals surface area contributed by atoms with E-state index in [4.69, 9.17) is 15.0 Å². The van der Waals surface area contributed by atoms with Crippen molar-refractivity contribution in [3.8, 4) is 114 Å². The van der Waals surface area contributed by atoms with E-state index in [1.165, 1.54) is 0 Å². The van der Waals surface area contributed by atoms with Gasteiger partial charge < -0.3 is 9.80 Å². The van der Waals surface area contributed by atoms with Crippen molar-refractivity contribution in [2.75, 3.05) is 9.80 Å². The van der Waals surface area contributed by atoms with Crippen molar-refractivity contribution in [2.45, 2.75) is 20.8 Å². The van der Waals surface area contributed by atoms with Crippen LogP contribution in [0.25, 0.3) is 114 Å². The van der Waals surface area contributed by atoms with Crippen molar-refractivity contribution < 1.29 is 0 Å². The summed E-state index contributed by atoms with van der Waals surface area (Å²) in [5.74, 6) is 6.74. The standard InChI is InChI=1S/C40H31N5.C26H19N5.C24H17N7/c1-30-41-39(31-22-26-37(27-23-31)44(33-14-6-2-7-15-33)34-16-8-3-9-17-34)43-40(42-30)32-24-28-38(29-25-32)45(35-18-10-4-11-19-35)36-20-12-5-13-21-36;1-18-29-25(21-12-14-23(27-16-21)19-8-4-2-5-9-19)31-26(30-18)22-13-15-24(28-17-22)20-10-6-3-7-11-20;1-16-29-23(19-12-25-21(26-13-19)17-8-4-2-5-9-17)31-24(30-16)20-14-27-22(28-15-20)18-10-6-3-7-11-18/h2-29H,1H3;2-17H,1H3;2-15H,1H3. The number of benzene rings is 10. The zero-order valence-corrected chi connectivity index (χ0v) is 58.6. The molecule has 0 unspecified atom stereocenters. The van der Waals surface area contributed by atoms with Gasteiger partial charge in [-0.25, -0.2) is 64.8 Å². The van der Waals surface area contributed by atoms with Gasteiger partial charge in [0.25, 0.3) is 0 Å². The van der Waals surface area contributed by atoms with Crippen LogP contribution in [0.3, 0.4) is 0 Å². The maximum Gasteiger partial charge on any atom is 0.166 e. The molecule has 17 aromatic rings. The summed E-state index contributed by atoms with van der Waals surface area (Å²) in [4.78, 5) is 73.0. The minimum atomic E-state index is 0.509. The maximum atomic E-state index is 4.91. The summed E-state index contributed by atoms with van der Waals surface area (Å²) in [7, 11) is 0. The van der Waals surface area contributed by atoms with Gasteiger partial charge in [0.05, 0.1) is 22.5 Å². The molecule has 17 rings (SSSR count). The lowest BCUT2D eigenvalue weighted by Crippen LogP contribution is -2.09. The van der Waals surface area contributed by atoms with Crippen LogP contribution in [0.1, 0.15) is 17.5 Å². The van der Waals surface area contributed by atoms with Gasteiger partial charge in [0.1, 0.15) is 17.5 Å². The highest BCUT2D eigenvalue weighted by Crippen LogP contribution is 2.38. The van der Waals surface area contributed by atoms with Crippen LogP contribution in [-0.4, -0.2) is 74.8 Å². The number of hydrogen-bond acceptors (Lipinski definition) is 17. The molecule has 0 N–H and O–H groups in total. The molecule has 512 valence electrons. The molecule has 7 heterocycles.